The van der Waals surface area contributed by atoms with Gasteiger partial charge in [-0.25, -0.2) is 4.39 Å². The van der Waals surface area contributed by atoms with E-state index in [-0.39, 0.29) is 11.4 Å². The molecule has 0 spiro atoms. The van der Waals surface area contributed by atoms with Crippen molar-refractivity contribution in [3.05, 3.63) is 65.0 Å². The first-order valence-electron chi connectivity index (χ1n) is 8.73. The van der Waals surface area contributed by atoms with Crippen molar-refractivity contribution in [3.63, 3.8) is 0 Å². The number of fused-ring (bicyclic) bond motifs is 1. The number of aliphatic imine (C=N–C) groups is 1. The van der Waals surface area contributed by atoms with Gasteiger partial charge in [0, 0.05) is 24.0 Å². The van der Waals surface area contributed by atoms with E-state index >= 15 is 0 Å². The van der Waals surface area contributed by atoms with Gasteiger partial charge in [0.2, 0.25) is 0 Å². The molecule has 0 radical (unpaired) electrons. The number of nitrogens with zero attached hydrogens (tertiary/aromatic N) is 2. The molecule has 0 N–H and O–H groups in total. The third kappa shape index (κ3) is 3.37. The van der Waals surface area contributed by atoms with Gasteiger partial charge in [0.25, 0.3) is 0 Å². The third-order valence-electron chi connectivity index (χ3n) is 4.86. The van der Waals surface area contributed by atoms with Gasteiger partial charge in [-0.3, -0.25) is 4.99 Å². The van der Waals surface area contributed by atoms with Gasteiger partial charge < -0.3 is 4.90 Å². The van der Waals surface area contributed by atoms with E-state index in [1.54, 1.807) is 12.1 Å². The molecule has 0 saturated carbocycles. The number of hydrogen-bond acceptors (Lipinski definition) is 2. The number of allylic oxidation sites excluding steroid dienone is 1. The molecule has 0 saturated heterocycles. The van der Waals surface area contributed by atoms with Crippen LogP contribution in [-0.4, -0.2) is 18.3 Å². The number of rotatable bonds is 3. The molecule has 0 fully saturated rings. The van der Waals surface area contributed by atoms with Crippen molar-refractivity contribution >= 4 is 23.2 Å². The zero-order valence-electron chi connectivity index (χ0n) is 15.6. The molecule has 3 heteroatoms. The fraction of sp³-hybridized carbons (Fsp3) is 0.318. The Kier molecular flexibility index (Phi) is 4.51. The predicted molar refractivity (Wildman–Crippen MR) is 106 cm³/mol. The summed E-state index contributed by atoms with van der Waals surface area (Å²) in [7, 11) is 0. The Morgan fingerprint density at radius 2 is 1.80 bits per heavy atom. The molecule has 2 nitrogen and oxygen atoms in total. The molecule has 0 aromatic heterocycles. The number of benzene rings is 2. The standard InChI is InChI=1S/C22H25FN2/c1-6-25-21-11-15(2)17(12-20(21)16(3)13-22(25,4)5)14-24-19-9-7-18(23)8-10-19/h7-14H,6H2,1-5H3. The minimum Gasteiger partial charge on any atom is -0.363 e. The van der Waals surface area contributed by atoms with Crippen LogP contribution in [0.2, 0.25) is 0 Å². The van der Waals surface area contributed by atoms with Crippen LogP contribution in [-0.2, 0) is 0 Å². The second-order valence-corrected chi connectivity index (χ2v) is 7.19. The first kappa shape index (κ1) is 17.4. The molecular weight excluding hydrogens is 311 g/mol. The van der Waals surface area contributed by atoms with E-state index in [9.17, 15) is 4.39 Å². The normalized spacial score (nSPS) is 16.1. The summed E-state index contributed by atoms with van der Waals surface area (Å²) in [5, 5.41) is 0. The summed E-state index contributed by atoms with van der Waals surface area (Å²) in [5.41, 5.74) is 6.88. The smallest absolute Gasteiger partial charge is 0.123 e. The van der Waals surface area contributed by atoms with Crippen LogP contribution in [0.4, 0.5) is 15.8 Å². The van der Waals surface area contributed by atoms with Crippen molar-refractivity contribution < 1.29 is 4.39 Å². The molecule has 0 amide bonds. The van der Waals surface area contributed by atoms with Gasteiger partial charge in [-0.15, -0.1) is 0 Å². The minimum atomic E-state index is -0.244. The maximum Gasteiger partial charge on any atom is 0.123 e. The molecule has 1 heterocycles. The Hall–Kier alpha value is -2.42. The number of hydrogen-bond donors (Lipinski definition) is 0. The number of likely N-dealkylation sites (N-methyl/N-ethyl adjacent to an activating group) is 1. The van der Waals surface area contributed by atoms with Gasteiger partial charge in [0.15, 0.2) is 0 Å². The summed E-state index contributed by atoms with van der Waals surface area (Å²) >= 11 is 0. The minimum absolute atomic E-state index is 0.0159. The summed E-state index contributed by atoms with van der Waals surface area (Å²) < 4.78 is 13.0. The largest absolute Gasteiger partial charge is 0.363 e. The highest BCUT2D eigenvalue weighted by atomic mass is 19.1. The highest BCUT2D eigenvalue weighted by Gasteiger charge is 2.30. The zero-order chi connectivity index (χ0) is 18.2. The number of halogens is 1. The van der Waals surface area contributed by atoms with E-state index in [2.05, 4.69) is 62.7 Å². The Morgan fingerprint density at radius 1 is 1.12 bits per heavy atom. The zero-order valence-corrected chi connectivity index (χ0v) is 15.6. The lowest BCUT2D eigenvalue weighted by molar-refractivity contribution is 0.566. The Bertz CT molecular complexity index is 845. The highest BCUT2D eigenvalue weighted by molar-refractivity contribution is 5.90. The maximum absolute atomic E-state index is 13.0. The Morgan fingerprint density at radius 3 is 2.44 bits per heavy atom. The fourth-order valence-corrected chi connectivity index (χ4v) is 3.63. The van der Waals surface area contributed by atoms with Crippen LogP contribution < -0.4 is 4.90 Å². The van der Waals surface area contributed by atoms with E-state index in [1.807, 2.05) is 6.21 Å². The lowest BCUT2D eigenvalue weighted by Crippen LogP contribution is -2.45. The summed E-state index contributed by atoms with van der Waals surface area (Å²) in [6.45, 7) is 11.9. The van der Waals surface area contributed by atoms with Crippen LogP contribution in [0.15, 0.2) is 47.5 Å². The third-order valence-corrected chi connectivity index (χ3v) is 4.86. The topological polar surface area (TPSA) is 15.6 Å². The van der Waals surface area contributed by atoms with Crippen molar-refractivity contribution in [2.75, 3.05) is 11.4 Å². The van der Waals surface area contributed by atoms with Crippen LogP contribution in [0.5, 0.6) is 0 Å². The molecule has 25 heavy (non-hydrogen) atoms. The summed E-state index contributed by atoms with van der Waals surface area (Å²) in [4.78, 5) is 6.93. The molecule has 1 aliphatic heterocycles. The average molecular weight is 336 g/mol. The van der Waals surface area contributed by atoms with Crippen LogP contribution in [0, 0.1) is 12.7 Å². The quantitative estimate of drug-likeness (QED) is 0.637. The summed E-state index contributed by atoms with van der Waals surface area (Å²) in [6.07, 6.45) is 4.20. The van der Waals surface area contributed by atoms with Gasteiger partial charge in [-0.05, 0) is 87.7 Å². The van der Waals surface area contributed by atoms with Crippen LogP contribution >= 0.6 is 0 Å². The lowest BCUT2D eigenvalue weighted by Gasteiger charge is -2.43. The van der Waals surface area contributed by atoms with Gasteiger partial charge >= 0.3 is 0 Å². The summed E-state index contributed by atoms with van der Waals surface area (Å²) in [6, 6.07) is 10.7. The molecule has 130 valence electrons. The predicted octanol–water partition coefficient (Wildman–Crippen LogP) is 5.91. The second-order valence-electron chi connectivity index (χ2n) is 7.19. The average Bonchev–Trinajstić information content (AvgIpc) is 2.54. The van der Waals surface area contributed by atoms with Crippen molar-refractivity contribution in [1.82, 2.24) is 0 Å². The van der Waals surface area contributed by atoms with Crippen molar-refractivity contribution in [3.8, 4) is 0 Å². The van der Waals surface area contributed by atoms with E-state index in [0.717, 1.165) is 17.8 Å². The Balaban J connectivity index is 2.02. The SMILES string of the molecule is CCN1c2cc(C)c(C=Nc3ccc(F)cc3)cc2C(C)=CC1(C)C. The van der Waals surface area contributed by atoms with E-state index in [0.29, 0.717) is 0 Å². The van der Waals surface area contributed by atoms with E-state index in [1.165, 1.54) is 34.5 Å². The highest BCUT2D eigenvalue weighted by Crippen LogP contribution is 2.39. The van der Waals surface area contributed by atoms with Crippen LogP contribution in [0.1, 0.15) is 44.4 Å². The number of aryl methyl sites for hydroxylation is 1. The van der Waals surface area contributed by atoms with Gasteiger partial charge in [-0.2, -0.15) is 0 Å². The monoisotopic (exact) mass is 336 g/mol. The summed E-state index contributed by atoms with van der Waals surface area (Å²) in [5.74, 6) is -0.244. The van der Waals surface area contributed by atoms with Gasteiger partial charge in [0.1, 0.15) is 5.82 Å². The van der Waals surface area contributed by atoms with E-state index in [4.69, 9.17) is 0 Å². The molecule has 1 aliphatic rings. The molecular formula is C22H25FN2. The molecule has 0 bridgehead atoms. The van der Waals surface area contributed by atoms with Gasteiger partial charge in [0.05, 0.1) is 11.2 Å². The molecule has 3 rings (SSSR count). The first-order valence-corrected chi connectivity index (χ1v) is 8.73. The van der Waals surface area contributed by atoms with Crippen molar-refractivity contribution in [2.45, 2.75) is 40.2 Å². The maximum atomic E-state index is 13.0. The fourth-order valence-electron chi connectivity index (χ4n) is 3.63. The Labute approximate surface area is 149 Å². The first-order chi connectivity index (χ1) is 11.8. The lowest BCUT2D eigenvalue weighted by atomic mass is 9.87. The molecule has 0 unspecified atom stereocenters. The number of anilines is 1. The molecule has 2 aromatic rings. The van der Waals surface area contributed by atoms with Crippen LogP contribution in [0.25, 0.3) is 5.57 Å². The molecule has 0 atom stereocenters. The van der Waals surface area contributed by atoms with Gasteiger partial charge in [-0.1, -0.05) is 6.08 Å². The second kappa shape index (κ2) is 6.47. The molecule has 2 aromatic carbocycles. The van der Waals surface area contributed by atoms with E-state index < -0.39 is 0 Å². The molecule has 0 aliphatic carbocycles. The van der Waals surface area contributed by atoms with Crippen molar-refractivity contribution in [2.24, 2.45) is 4.99 Å². The van der Waals surface area contributed by atoms with Crippen LogP contribution in [0.3, 0.4) is 0 Å². The van der Waals surface area contributed by atoms with Crippen molar-refractivity contribution in [1.29, 1.82) is 0 Å².